The molecule has 0 saturated carbocycles. The maximum Gasteiger partial charge on any atom is 0.335 e. The van der Waals surface area contributed by atoms with Crippen LogP contribution < -0.4 is 0 Å². The van der Waals surface area contributed by atoms with Crippen LogP contribution >= 0.6 is 0 Å². The van der Waals surface area contributed by atoms with Crippen LogP contribution in [0.5, 0.6) is 0 Å². The smallest absolute Gasteiger partial charge is 0.335 e. The summed E-state index contributed by atoms with van der Waals surface area (Å²) in [6.07, 6.45) is 1.56. The van der Waals surface area contributed by atoms with Crippen molar-refractivity contribution in [2.45, 2.75) is 18.8 Å². The van der Waals surface area contributed by atoms with Gasteiger partial charge in [-0.05, 0) is 36.1 Å². The molecule has 0 spiro atoms. The summed E-state index contributed by atoms with van der Waals surface area (Å²) in [6.45, 7) is 0. The fraction of sp³-hybridized carbons (Fsp3) is 0.176. The van der Waals surface area contributed by atoms with Crippen LogP contribution in [0.3, 0.4) is 0 Å². The van der Waals surface area contributed by atoms with E-state index in [0.717, 1.165) is 18.4 Å². The third-order valence-corrected chi connectivity index (χ3v) is 3.28. The number of carboxylic acid groups (broad SMARTS) is 1. The van der Waals surface area contributed by atoms with Crippen molar-refractivity contribution in [3.05, 3.63) is 71.3 Å². The van der Waals surface area contributed by atoms with Crippen LogP contribution in [0, 0.1) is 11.3 Å². The summed E-state index contributed by atoms with van der Waals surface area (Å²) in [5.41, 5.74) is 2.32. The summed E-state index contributed by atoms with van der Waals surface area (Å²) in [4.78, 5) is 10.8. The van der Waals surface area contributed by atoms with Crippen molar-refractivity contribution < 1.29 is 9.90 Å². The molecule has 0 bridgehead atoms. The maximum atomic E-state index is 10.8. The van der Waals surface area contributed by atoms with Crippen molar-refractivity contribution in [1.29, 1.82) is 5.26 Å². The second-order valence-electron chi connectivity index (χ2n) is 4.63. The zero-order valence-corrected chi connectivity index (χ0v) is 11.0. The highest BCUT2D eigenvalue weighted by atomic mass is 16.4. The highest BCUT2D eigenvalue weighted by Crippen LogP contribution is 2.21. The Hall–Kier alpha value is -2.60. The predicted octanol–water partition coefficient (Wildman–Crippen LogP) is 3.62. The van der Waals surface area contributed by atoms with Gasteiger partial charge >= 0.3 is 5.97 Å². The third kappa shape index (κ3) is 3.46. The molecule has 2 aromatic rings. The number of carboxylic acids is 1. The molecule has 100 valence electrons. The lowest BCUT2D eigenvalue weighted by Crippen LogP contribution is -2.01. The highest BCUT2D eigenvalue weighted by molar-refractivity contribution is 5.87. The van der Waals surface area contributed by atoms with Crippen LogP contribution in [0.1, 0.15) is 33.8 Å². The van der Waals surface area contributed by atoms with Crippen LogP contribution in [0.15, 0.2) is 54.6 Å². The molecule has 3 nitrogen and oxygen atoms in total. The van der Waals surface area contributed by atoms with E-state index in [0.29, 0.717) is 0 Å². The van der Waals surface area contributed by atoms with Crippen LogP contribution in [0.2, 0.25) is 0 Å². The number of aryl methyl sites for hydroxylation is 1. The van der Waals surface area contributed by atoms with E-state index in [1.165, 1.54) is 5.56 Å². The molecule has 2 rings (SSSR count). The van der Waals surface area contributed by atoms with Gasteiger partial charge in [-0.3, -0.25) is 0 Å². The molecule has 2 aromatic carbocycles. The third-order valence-electron chi connectivity index (χ3n) is 3.28. The molecule has 0 radical (unpaired) electrons. The summed E-state index contributed by atoms with van der Waals surface area (Å²) in [7, 11) is 0. The summed E-state index contributed by atoms with van der Waals surface area (Å²) in [5.74, 6) is -1.16. The van der Waals surface area contributed by atoms with Gasteiger partial charge in [0.1, 0.15) is 0 Å². The van der Waals surface area contributed by atoms with Gasteiger partial charge in [-0.1, -0.05) is 42.5 Å². The quantitative estimate of drug-likeness (QED) is 0.898. The molecule has 1 N–H and O–H groups in total. The standard InChI is InChI=1S/C17H15NO2/c18-12-16(7-6-13-4-2-1-3-5-13)14-8-10-15(11-9-14)17(19)20/h1-5,8-11,16H,6-7H2,(H,19,20). The Balaban J connectivity index is 2.05. The van der Waals surface area contributed by atoms with E-state index in [2.05, 4.69) is 6.07 Å². The molecule has 3 heteroatoms. The number of aromatic carboxylic acids is 1. The number of benzene rings is 2. The fourth-order valence-electron chi connectivity index (χ4n) is 2.12. The molecule has 0 fully saturated rings. The Morgan fingerprint density at radius 2 is 1.75 bits per heavy atom. The van der Waals surface area contributed by atoms with Crippen LogP contribution in [0.4, 0.5) is 0 Å². The molecule has 1 unspecified atom stereocenters. The largest absolute Gasteiger partial charge is 0.478 e. The van der Waals surface area contributed by atoms with Crippen molar-refractivity contribution in [2.75, 3.05) is 0 Å². The van der Waals surface area contributed by atoms with Crippen molar-refractivity contribution in [3.8, 4) is 6.07 Å². The fourth-order valence-corrected chi connectivity index (χ4v) is 2.12. The number of carbonyl (C=O) groups is 1. The first kappa shape index (κ1) is 13.8. The molecule has 0 heterocycles. The first-order valence-corrected chi connectivity index (χ1v) is 6.47. The topological polar surface area (TPSA) is 61.1 Å². The number of nitriles is 1. The number of rotatable bonds is 5. The van der Waals surface area contributed by atoms with E-state index in [9.17, 15) is 10.1 Å². The van der Waals surface area contributed by atoms with Crippen molar-refractivity contribution in [2.24, 2.45) is 0 Å². The summed E-state index contributed by atoms with van der Waals surface area (Å²) >= 11 is 0. The van der Waals surface area contributed by atoms with Gasteiger partial charge in [-0.2, -0.15) is 5.26 Å². The van der Waals surface area contributed by atoms with Gasteiger partial charge in [0, 0.05) is 0 Å². The van der Waals surface area contributed by atoms with Gasteiger partial charge in [0.2, 0.25) is 0 Å². The molecule has 0 amide bonds. The second kappa shape index (κ2) is 6.53. The van der Waals surface area contributed by atoms with Gasteiger partial charge in [0.15, 0.2) is 0 Å². The Labute approximate surface area is 118 Å². The minimum atomic E-state index is -0.950. The Morgan fingerprint density at radius 3 is 2.30 bits per heavy atom. The second-order valence-corrected chi connectivity index (χ2v) is 4.63. The molecule has 0 aromatic heterocycles. The van der Waals surface area contributed by atoms with Crippen LogP contribution in [-0.2, 0) is 6.42 Å². The molecule has 0 aliphatic carbocycles. The zero-order chi connectivity index (χ0) is 14.4. The normalized spacial score (nSPS) is 11.6. The van der Waals surface area contributed by atoms with Gasteiger partial charge < -0.3 is 5.11 Å². The van der Waals surface area contributed by atoms with Crippen molar-refractivity contribution in [1.82, 2.24) is 0 Å². The molecule has 1 atom stereocenters. The van der Waals surface area contributed by atoms with E-state index in [1.807, 2.05) is 30.3 Å². The maximum absolute atomic E-state index is 10.8. The lowest BCUT2D eigenvalue weighted by Gasteiger charge is -2.09. The van der Waals surface area contributed by atoms with Crippen LogP contribution in [0.25, 0.3) is 0 Å². The minimum Gasteiger partial charge on any atom is -0.478 e. The number of hydrogen-bond donors (Lipinski definition) is 1. The molecular formula is C17H15NO2. The van der Waals surface area contributed by atoms with Crippen LogP contribution in [-0.4, -0.2) is 11.1 Å². The summed E-state index contributed by atoms with van der Waals surface area (Å²) in [5, 5.41) is 18.1. The van der Waals surface area contributed by atoms with Gasteiger partial charge in [0.25, 0.3) is 0 Å². The van der Waals surface area contributed by atoms with E-state index >= 15 is 0 Å². The summed E-state index contributed by atoms with van der Waals surface area (Å²) in [6, 6.07) is 18.9. The monoisotopic (exact) mass is 265 g/mol. The molecule has 0 aliphatic rings. The lowest BCUT2D eigenvalue weighted by atomic mass is 9.93. The molecule has 20 heavy (non-hydrogen) atoms. The van der Waals surface area contributed by atoms with Gasteiger partial charge in [0.05, 0.1) is 17.6 Å². The van der Waals surface area contributed by atoms with E-state index in [4.69, 9.17) is 5.11 Å². The molecule has 0 aliphatic heterocycles. The first-order chi connectivity index (χ1) is 9.70. The van der Waals surface area contributed by atoms with Crippen molar-refractivity contribution >= 4 is 5.97 Å². The van der Waals surface area contributed by atoms with E-state index in [1.54, 1.807) is 24.3 Å². The highest BCUT2D eigenvalue weighted by Gasteiger charge is 2.11. The minimum absolute atomic E-state index is 0.210. The van der Waals surface area contributed by atoms with E-state index in [-0.39, 0.29) is 11.5 Å². The lowest BCUT2D eigenvalue weighted by molar-refractivity contribution is 0.0697. The first-order valence-electron chi connectivity index (χ1n) is 6.47. The number of nitrogens with zero attached hydrogens (tertiary/aromatic N) is 1. The zero-order valence-electron chi connectivity index (χ0n) is 11.0. The molecule has 0 saturated heterocycles. The van der Waals surface area contributed by atoms with E-state index < -0.39 is 5.97 Å². The Morgan fingerprint density at radius 1 is 1.10 bits per heavy atom. The Kier molecular flexibility index (Phi) is 4.52. The van der Waals surface area contributed by atoms with Crippen molar-refractivity contribution in [3.63, 3.8) is 0 Å². The van der Waals surface area contributed by atoms with Gasteiger partial charge in [-0.25, -0.2) is 4.79 Å². The summed E-state index contributed by atoms with van der Waals surface area (Å²) < 4.78 is 0. The predicted molar refractivity (Wildman–Crippen MR) is 76.5 cm³/mol. The molecular weight excluding hydrogens is 250 g/mol. The average molecular weight is 265 g/mol. The average Bonchev–Trinajstić information content (AvgIpc) is 2.49. The number of hydrogen-bond acceptors (Lipinski definition) is 2. The van der Waals surface area contributed by atoms with Gasteiger partial charge in [-0.15, -0.1) is 0 Å². The Bertz CT molecular complexity index is 612. The SMILES string of the molecule is N#CC(CCc1ccccc1)c1ccc(C(=O)O)cc1.